The Balaban J connectivity index is 2.68. The van der Waals surface area contributed by atoms with E-state index in [1.54, 1.807) is 30.0 Å². The zero-order valence-electron chi connectivity index (χ0n) is 11.6. The zero-order chi connectivity index (χ0) is 15.1. The fourth-order valence-corrected chi connectivity index (χ4v) is 2.21. The van der Waals surface area contributed by atoms with Crippen LogP contribution in [0, 0.1) is 0 Å². The molecule has 0 fully saturated rings. The molecular weight excluding hydrogens is 301 g/mol. The molecule has 20 heavy (non-hydrogen) atoms. The summed E-state index contributed by atoms with van der Waals surface area (Å²) in [7, 11) is 0. The van der Waals surface area contributed by atoms with Gasteiger partial charge >= 0.3 is 0 Å². The number of nitrogens with zero attached hydrogens (tertiary/aromatic N) is 1. The SMILES string of the molecule is CCN(CCCO)C(=O)C(C)Oc1ccc(Cl)cc1Cl. The van der Waals surface area contributed by atoms with E-state index in [1.165, 1.54) is 0 Å². The van der Waals surface area contributed by atoms with Gasteiger partial charge in [-0.3, -0.25) is 4.79 Å². The third-order valence-electron chi connectivity index (χ3n) is 2.82. The highest BCUT2D eigenvalue weighted by atomic mass is 35.5. The van der Waals surface area contributed by atoms with Gasteiger partial charge in [-0.25, -0.2) is 0 Å². The lowest BCUT2D eigenvalue weighted by atomic mass is 10.3. The van der Waals surface area contributed by atoms with Crippen LogP contribution in [0.4, 0.5) is 0 Å². The molecule has 0 radical (unpaired) electrons. The van der Waals surface area contributed by atoms with Gasteiger partial charge in [0.15, 0.2) is 6.10 Å². The summed E-state index contributed by atoms with van der Waals surface area (Å²) in [6.07, 6.45) is -0.0964. The van der Waals surface area contributed by atoms with Gasteiger partial charge < -0.3 is 14.7 Å². The number of hydrogen-bond acceptors (Lipinski definition) is 3. The molecule has 0 spiro atoms. The average molecular weight is 320 g/mol. The highest BCUT2D eigenvalue weighted by Gasteiger charge is 2.21. The van der Waals surface area contributed by atoms with E-state index < -0.39 is 6.10 Å². The van der Waals surface area contributed by atoms with Crippen molar-refractivity contribution in [2.75, 3.05) is 19.7 Å². The minimum Gasteiger partial charge on any atom is -0.479 e. The number of hydrogen-bond donors (Lipinski definition) is 1. The molecule has 1 amide bonds. The van der Waals surface area contributed by atoms with Crippen LogP contribution in [0.3, 0.4) is 0 Å². The van der Waals surface area contributed by atoms with Crippen LogP contribution in [-0.4, -0.2) is 41.7 Å². The van der Waals surface area contributed by atoms with Crippen molar-refractivity contribution in [2.45, 2.75) is 26.4 Å². The third-order valence-corrected chi connectivity index (χ3v) is 3.36. The van der Waals surface area contributed by atoms with Crippen LogP contribution in [0.15, 0.2) is 18.2 Å². The van der Waals surface area contributed by atoms with E-state index in [2.05, 4.69) is 0 Å². The van der Waals surface area contributed by atoms with Crippen LogP contribution in [0.2, 0.25) is 10.0 Å². The van der Waals surface area contributed by atoms with Crippen LogP contribution in [0.5, 0.6) is 5.75 Å². The largest absolute Gasteiger partial charge is 0.479 e. The summed E-state index contributed by atoms with van der Waals surface area (Å²) in [5.41, 5.74) is 0. The van der Waals surface area contributed by atoms with E-state index in [0.717, 1.165) is 0 Å². The standard InChI is InChI=1S/C14H19Cl2NO3/c1-3-17(7-4-8-18)14(19)10(2)20-13-6-5-11(15)9-12(13)16/h5-6,9-10,18H,3-4,7-8H2,1-2H3. The van der Waals surface area contributed by atoms with Gasteiger partial charge in [0, 0.05) is 24.7 Å². The molecule has 1 aromatic carbocycles. The van der Waals surface area contributed by atoms with Crippen molar-refractivity contribution in [1.82, 2.24) is 4.90 Å². The van der Waals surface area contributed by atoms with Crippen molar-refractivity contribution in [3.8, 4) is 5.75 Å². The number of ether oxygens (including phenoxy) is 1. The zero-order valence-corrected chi connectivity index (χ0v) is 13.1. The van der Waals surface area contributed by atoms with Gasteiger partial charge in [0.1, 0.15) is 5.75 Å². The molecule has 112 valence electrons. The maximum atomic E-state index is 12.2. The van der Waals surface area contributed by atoms with E-state index in [-0.39, 0.29) is 12.5 Å². The maximum absolute atomic E-state index is 12.2. The number of aliphatic hydroxyl groups excluding tert-OH is 1. The number of carbonyl (C=O) groups is 1. The lowest BCUT2D eigenvalue weighted by Crippen LogP contribution is -2.41. The minimum atomic E-state index is -0.646. The quantitative estimate of drug-likeness (QED) is 0.840. The number of aliphatic hydroxyl groups is 1. The van der Waals surface area contributed by atoms with Crippen molar-refractivity contribution in [3.05, 3.63) is 28.2 Å². The number of halogens is 2. The molecule has 0 aromatic heterocycles. The Hall–Kier alpha value is -0.970. The second-order valence-corrected chi connectivity index (χ2v) is 5.17. The van der Waals surface area contributed by atoms with Crippen molar-refractivity contribution < 1.29 is 14.6 Å². The summed E-state index contributed by atoms with van der Waals surface area (Å²) >= 11 is 11.8. The Kier molecular flexibility index (Phi) is 7.13. The molecule has 0 heterocycles. The molecule has 1 N–H and O–H groups in total. The summed E-state index contributed by atoms with van der Waals surface area (Å²) < 4.78 is 5.58. The molecule has 0 saturated carbocycles. The van der Waals surface area contributed by atoms with E-state index in [9.17, 15) is 4.79 Å². The first-order chi connectivity index (χ1) is 9.49. The van der Waals surface area contributed by atoms with Gasteiger partial charge in [-0.05, 0) is 38.5 Å². The van der Waals surface area contributed by atoms with Gasteiger partial charge in [-0.2, -0.15) is 0 Å². The summed E-state index contributed by atoms with van der Waals surface area (Å²) in [6.45, 7) is 4.70. The molecule has 0 aliphatic rings. The van der Waals surface area contributed by atoms with Crippen molar-refractivity contribution >= 4 is 29.1 Å². The van der Waals surface area contributed by atoms with Gasteiger partial charge in [-0.15, -0.1) is 0 Å². The van der Waals surface area contributed by atoms with E-state index in [1.807, 2.05) is 6.92 Å². The monoisotopic (exact) mass is 319 g/mol. The highest BCUT2D eigenvalue weighted by Crippen LogP contribution is 2.28. The molecular formula is C14H19Cl2NO3. The maximum Gasteiger partial charge on any atom is 0.263 e. The Morgan fingerprint density at radius 2 is 2.15 bits per heavy atom. The van der Waals surface area contributed by atoms with Crippen LogP contribution in [0.25, 0.3) is 0 Å². The minimum absolute atomic E-state index is 0.0576. The Labute approximate surface area is 129 Å². The predicted molar refractivity (Wildman–Crippen MR) is 80.5 cm³/mol. The fraction of sp³-hybridized carbons (Fsp3) is 0.500. The Morgan fingerprint density at radius 1 is 1.45 bits per heavy atom. The lowest BCUT2D eigenvalue weighted by Gasteiger charge is -2.24. The highest BCUT2D eigenvalue weighted by molar-refractivity contribution is 6.35. The van der Waals surface area contributed by atoms with E-state index in [4.69, 9.17) is 33.0 Å². The number of rotatable bonds is 7. The summed E-state index contributed by atoms with van der Waals surface area (Å²) in [5.74, 6) is 0.294. The third kappa shape index (κ3) is 4.85. The summed E-state index contributed by atoms with van der Waals surface area (Å²) in [6, 6.07) is 4.86. The average Bonchev–Trinajstić information content (AvgIpc) is 2.42. The van der Waals surface area contributed by atoms with E-state index >= 15 is 0 Å². The van der Waals surface area contributed by atoms with Crippen LogP contribution < -0.4 is 4.74 Å². The fourth-order valence-electron chi connectivity index (χ4n) is 1.75. The predicted octanol–water partition coefficient (Wildman–Crippen LogP) is 2.99. The van der Waals surface area contributed by atoms with E-state index in [0.29, 0.717) is 35.3 Å². The van der Waals surface area contributed by atoms with Crippen LogP contribution >= 0.6 is 23.2 Å². The van der Waals surface area contributed by atoms with Gasteiger partial charge in [0.25, 0.3) is 5.91 Å². The molecule has 0 saturated heterocycles. The molecule has 4 nitrogen and oxygen atoms in total. The first kappa shape index (κ1) is 17.1. The van der Waals surface area contributed by atoms with Crippen LogP contribution in [-0.2, 0) is 4.79 Å². The molecule has 1 unspecified atom stereocenters. The topological polar surface area (TPSA) is 49.8 Å². The van der Waals surface area contributed by atoms with Crippen molar-refractivity contribution in [2.24, 2.45) is 0 Å². The van der Waals surface area contributed by atoms with Gasteiger partial charge in [-0.1, -0.05) is 23.2 Å². The second-order valence-electron chi connectivity index (χ2n) is 4.33. The van der Waals surface area contributed by atoms with Crippen molar-refractivity contribution in [1.29, 1.82) is 0 Å². The number of carbonyl (C=O) groups excluding carboxylic acids is 1. The summed E-state index contributed by atoms with van der Waals surface area (Å²) in [5, 5.41) is 9.71. The molecule has 6 heteroatoms. The number of benzene rings is 1. The number of likely N-dealkylation sites (N-methyl/N-ethyl adjacent to an activating group) is 1. The van der Waals surface area contributed by atoms with Crippen LogP contribution in [0.1, 0.15) is 20.3 Å². The Bertz CT molecular complexity index is 454. The van der Waals surface area contributed by atoms with Gasteiger partial charge in [0.05, 0.1) is 5.02 Å². The summed E-state index contributed by atoms with van der Waals surface area (Å²) in [4.78, 5) is 13.9. The van der Waals surface area contributed by atoms with Gasteiger partial charge in [0.2, 0.25) is 0 Å². The molecule has 1 atom stereocenters. The molecule has 0 bridgehead atoms. The first-order valence-corrected chi connectivity index (χ1v) is 7.26. The smallest absolute Gasteiger partial charge is 0.263 e. The normalized spacial score (nSPS) is 12.1. The van der Waals surface area contributed by atoms with Crippen molar-refractivity contribution in [3.63, 3.8) is 0 Å². The molecule has 1 aromatic rings. The molecule has 0 aliphatic carbocycles. The molecule has 1 rings (SSSR count). The first-order valence-electron chi connectivity index (χ1n) is 6.51. The lowest BCUT2D eigenvalue weighted by molar-refractivity contribution is -0.137. The Morgan fingerprint density at radius 3 is 2.70 bits per heavy atom. The number of amides is 1. The second kappa shape index (κ2) is 8.35. The molecule has 0 aliphatic heterocycles.